The molecule has 2 heterocycles. The number of hydrogen-bond donors (Lipinski definition) is 0. The van der Waals surface area contributed by atoms with Crippen LogP contribution in [0.15, 0.2) is 140 Å². The van der Waals surface area contributed by atoms with Crippen molar-refractivity contribution in [1.82, 2.24) is 9.55 Å². The van der Waals surface area contributed by atoms with E-state index in [0.717, 1.165) is 0 Å². The zero-order chi connectivity index (χ0) is 43.6. The molecule has 0 aliphatic carbocycles. The number of halogens is 12. The number of pyridine rings is 1. The molecule has 0 spiro atoms. The number of aromatic nitrogens is 2. The Morgan fingerprint density at radius 1 is 0.410 bits per heavy atom. The molecule has 0 N–H and O–H groups in total. The van der Waals surface area contributed by atoms with Crippen LogP contribution >= 0.6 is 0 Å². The molecular weight excluding hydrogens is 823 g/mol. The van der Waals surface area contributed by atoms with Gasteiger partial charge in [0.1, 0.15) is 0 Å². The summed E-state index contributed by atoms with van der Waals surface area (Å²) in [5.41, 5.74) is -3.92. The van der Waals surface area contributed by atoms with Gasteiger partial charge in [0, 0.05) is 34.3 Å². The van der Waals surface area contributed by atoms with Crippen LogP contribution in [0.25, 0.3) is 72.0 Å². The van der Waals surface area contributed by atoms with E-state index in [2.05, 4.69) is 11.1 Å². The minimum atomic E-state index is -5.17. The number of hydrogen-bond acceptors (Lipinski definition) is 2. The predicted octanol–water partition coefficient (Wildman–Crippen LogP) is 14.8. The number of benzene rings is 6. The number of fused-ring (bicyclic) bond motifs is 3. The normalized spacial score (nSPS) is 12.6. The molecule has 0 unspecified atom stereocenters. The third-order valence-corrected chi connectivity index (χ3v) is 10.2. The van der Waals surface area contributed by atoms with Crippen LogP contribution in [0.1, 0.15) is 27.8 Å². The molecule has 306 valence electrons. The van der Waals surface area contributed by atoms with Gasteiger partial charge >= 0.3 is 24.7 Å². The van der Waals surface area contributed by atoms with Crippen molar-refractivity contribution in [3.8, 4) is 56.3 Å². The molecule has 8 aromatic rings. The molecule has 0 fully saturated rings. The Bertz CT molecular complexity index is 2830. The molecule has 2 aromatic heterocycles. The first-order valence-corrected chi connectivity index (χ1v) is 17.9. The smallest absolute Gasteiger partial charge is 0.309 e. The van der Waals surface area contributed by atoms with E-state index in [1.165, 1.54) is 36.4 Å². The quantitative estimate of drug-likeness (QED) is 0.162. The number of alkyl halides is 12. The Morgan fingerprint density at radius 3 is 1.25 bits per heavy atom. The summed E-state index contributed by atoms with van der Waals surface area (Å²) in [6, 6.07) is 28.1. The van der Waals surface area contributed by atoms with Crippen molar-refractivity contribution >= 4 is 21.8 Å². The third-order valence-electron chi connectivity index (χ3n) is 10.2. The second-order valence-electron chi connectivity index (χ2n) is 14.0. The summed E-state index contributed by atoms with van der Waals surface area (Å²) >= 11 is 0. The van der Waals surface area contributed by atoms with Crippen LogP contribution in [0, 0.1) is 11.3 Å². The van der Waals surface area contributed by atoms with Gasteiger partial charge in [-0.05, 0) is 118 Å². The molecule has 0 bridgehead atoms. The first-order valence-electron chi connectivity index (χ1n) is 17.9. The fourth-order valence-corrected chi connectivity index (χ4v) is 7.37. The van der Waals surface area contributed by atoms with Gasteiger partial charge in [-0.3, -0.25) is 4.98 Å². The molecule has 3 nitrogen and oxygen atoms in total. The van der Waals surface area contributed by atoms with Crippen molar-refractivity contribution in [2.24, 2.45) is 0 Å². The lowest BCUT2D eigenvalue weighted by atomic mass is 9.93. The highest BCUT2D eigenvalue weighted by molar-refractivity contribution is 6.12. The topological polar surface area (TPSA) is 41.6 Å². The standard InChI is InChI=1S/C46H23F12N3/c47-43(48,49)32-14-29(15-33(21-32)44(50,51)52)27-6-8-40-38(18-27)39-19-28(30-16-34(45(53,54)55)22-35(17-30)46(56,57)58)7-9-41(39)61(40)42-20-31(24-59)36(26-10-12-60-13-11-26)23-37(42)25-4-2-1-3-5-25/h1-23H. The van der Waals surface area contributed by atoms with Gasteiger partial charge in [-0.1, -0.05) is 42.5 Å². The number of nitriles is 1. The molecule has 6 aromatic carbocycles. The summed E-state index contributed by atoms with van der Waals surface area (Å²) in [5, 5.41) is 10.8. The van der Waals surface area contributed by atoms with Crippen LogP contribution in [-0.2, 0) is 24.7 Å². The Labute approximate surface area is 337 Å². The van der Waals surface area contributed by atoms with Gasteiger partial charge in [0.2, 0.25) is 0 Å². The first kappa shape index (κ1) is 40.7. The minimum Gasteiger partial charge on any atom is -0.309 e. The largest absolute Gasteiger partial charge is 0.416 e. The van der Waals surface area contributed by atoms with Gasteiger partial charge in [0.25, 0.3) is 0 Å². The van der Waals surface area contributed by atoms with E-state index in [4.69, 9.17) is 0 Å². The monoisotopic (exact) mass is 845 g/mol. The second-order valence-corrected chi connectivity index (χ2v) is 14.0. The molecule has 0 radical (unpaired) electrons. The van der Waals surface area contributed by atoms with E-state index in [9.17, 15) is 57.9 Å². The summed E-state index contributed by atoms with van der Waals surface area (Å²) in [7, 11) is 0. The molecule has 8 rings (SSSR count). The molecule has 0 saturated carbocycles. The SMILES string of the molecule is N#Cc1cc(-n2c3ccc(-c4cc(C(F)(F)F)cc(C(F)(F)F)c4)cc3c3cc(-c4cc(C(F)(F)F)cc(C(F)(F)F)c4)ccc32)c(-c2ccccc2)cc1-c1ccncc1. The van der Waals surface area contributed by atoms with Crippen LogP contribution in [0.4, 0.5) is 52.7 Å². The summed E-state index contributed by atoms with van der Waals surface area (Å²) in [4.78, 5) is 4.05. The van der Waals surface area contributed by atoms with Gasteiger partial charge in [-0.25, -0.2) is 0 Å². The molecule has 15 heteroatoms. The van der Waals surface area contributed by atoms with E-state index in [1.807, 2.05) is 0 Å². The van der Waals surface area contributed by atoms with Crippen LogP contribution in [0.5, 0.6) is 0 Å². The van der Waals surface area contributed by atoms with E-state index in [1.54, 1.807) is 71.6 Å². The lowest BCUT2D eigenvalue weighted by molar-refractivity contribution is -0.144. The lowest BCUT2D eigenvalue weighted by Crippen LogP contribution is -2.11. The molecule has 61 heavy (non-hydrogen) atoms. The predicted molar refractivity (Wildman–Crippen MR) is 205 cm³/mol. The maximum Gasteiger partial charge on any atom is 0.416 e. The van der Waals surface area contributed by atoms with Crippen molar-refractivity contribution in [2.45, 2.75) is 24.7 Å². The Morgan fingerprint density at radius 2 is 0.836 bits per heavy atom. The second kappa shape index (κ2) is 14.6. The Kier molecular flexibility index (Phi) is 9.72. The molecule has 0 saturated heterocycles. The summed E-state index contributed by atoms with van der Waals surface area (Å²) in [6.07, 6.45) is -17.6. The van der Waals surface area contributed by atoms with Crippen molar-refractivity contribution in [3.05, 3.63) is 168 Å². The number of nitrogens with zero attached hydrogens (tertiary/aromatic N) is 3. The van der Waals surface area contributed by atoms with Crippen molar-refractivity contribution in [3.63, 3.8) is 0 Å². The molecule has 0 aliphatic heterocycles. The maximum atomic E-state index is 14.0. The summed E-state index contributed by atoms with van der Waals surface area (Å²) < 4.78 is 169. The average molecular weight is 846 g/mol. The highest BCUT2D eigenvalue weighted by atomic mass is 19.4. The molecule has 0 aliphatic rings. The lowest BCUT2D eigenvalue weighted by Gasteiger charge is -2.18. The van der Waals surface area contributed by atoms with Crippen LogP contribution < -0.4 is 0 Å². The Balaban J connectivity index is 1.47. The van der Waals surface area contributed by atoms with E-state index >= 15 is 0 Å². The van der Waals surface area contributed by atoms with Crippen LogP contribution in [-0.4, -0.2) is 9.55 Å². The van der Waals surface area contributed by atoms with Gasteiger partial charge in [-0.15, -0.1) is 0 Å². The summed E-state index contributed by atoms with van der Waals surface area (Å²) in [5.74, 6) is 0. The third kappa shape index (κ3) is 7.77. The maximum absolute atomic E-state index is 14.0. The average Bonchev–Trinajstić information content (AvgIpc) is 3.55. The molecular formula is C46H23F12N3. The highest BCUT2D eigenvalue weighted by Gasteiger charge is 2.38. The van der Waals surface area contributed by atoms with Gasteiger partial charge in [-0.2, -0.15) is 57.9 Å². The Hall–Kier alpha value is -7.08. The van der Waals surface area contributed by atoms with E-state index in [-0.39, 0.29) is 50.6 Å². The van der Waals surface area contributed by atoms with Gasteiger partial charge < -0.3 is 4.57 Å². The molecule has 0 amide bonds. The van der Waals surface area contributed by atoms with Crippen molar-refractivity contribution in [2.75, 3.05) is 0 Å². The number of rotatable bonds is 5. The van der Waals surface area contributed by atoms with E-state index in [0.29, 0.717) is 52.2 Å². The first-order chi connectivity index (χ1) is 28.7. The van der Waals surface area contributed by atoms with Crippen LogP contribution in [0.3, 0.4) is 0 Å². The zero-order valence-corrected chi connectivity index (χ0v) is 30.7. The summed E-state index contributed by atoms with van der Waals surface area (Å²) in [6.45, 7) is 0. The van der Waals surface area contributed by atoms with Gasteiger partial charge in [0.05, 0.1) is 50.6 Å². The van der Waals surface area contributed by atoms with E-state index < -0.39 is 58.1 Å². The van der Waals surface area contributed by atoms with Crippen molar-refractivity contribution < 1.29 is 52.7 Å². The minimum absolute atomic E-state index is 0.0159. The highest BCUT2D eigenvalue weighted by Crippen LogP contribution is 2.45. The van der Waals surface area contributed by atoms with Crippen molar-refractivity contribution in [1.29, 1.82) is 5.26 Å². The fraction of sp³-hybridized carbons (Fsp3) is 0.0870. The van der Waals surface area contributed by atoms with Crippen LogP contribution in [0.2, 0.25) is 0 Å². The molecule has 0 atom stereocenters. The fourth-order valence-electron chi connectivity index (χ4n) is 7.37. The van der Waals surface area contributed by atoms with Gasteiger partial charge in [0.15, 0.2) is 0 Å². The zero-order valence-electron chi connectivity index (χ0n) is 30.7.